The van der Waals surface area contributed by atoms with Crippen LogP contribution in [0.2, 0.25) is 0 Å². The van der Waals surface area contributed by atoms with E-state index in [-0.39, 0.29) is 0 Å². The van der Waals surface area contributed by atoms with Crippen molar-refractivity contribution < 1.29 is 0 Å². The summed E-state index contributed by atoms with van der Waals surface area (Å²) in [5.74, 6) is 0. The minimum Gasteiger partial charge on any atom is -0.361 e. The molecule has 0 fully saturated rings. The molecule has 0 radical (unpaired) electrons. The van der Waals surface area contributed by atoms with Crippen LogP contribution in [0, 0.1) is 6.92 Å². The summed E-state index contributed by atoms with van der Waals surface area (Å²) in [6.07, 6.45) is 3.27. The SMILES string of the molecule is CC.CCN(C)CCc1c[nH]c2cccc(C)c12. The molecular formula is C16H26N2. The number of hydrogen-bond acceptors (Lipinski definition) is 1. The molecule has 100 valence electrons. The molecule has 0 aliphatic heterocycles. The lowest BCUT2D eigenvalue weighted by molar-refractivity contribution is 0.358. The molecule has 0 spiro atoms. The highest BCUT2D eigenvalue weighted by Crippen LogP contribution is 2.22. The van der Waals surface area contributed by atoms with Gasteiger partial charge in [0.2, 0.25) is 0 Å². The lowest BCUT2D eigenvalue weighted by Gasteiger charge is -2.13. The third-order valence-corrected chi connectivity index (χ3v) is 3.30. The molecule has 0 aliphatic rings. The van der Waals surface area contributed by atoms with E-state index in [1.807, 2.05) is 13.8 Å². The van der Waals surface area contributed by atoms with Crippen molar-refractivity contribution in [2.45, 2.75) is 34.1 Å². The fourth-order valence-corrected chi connectivity index (χ4v) is 2.12. The first-order chi connectivity index (χ1) is 8.72. The number of likely N-dealkylation sites (N-methyl/N-ethyl adjacent to an activating group) is 1. The lowest BCUT2D eigenvalue weighted by Crippen LogP contribution is -2.20. The van der Waals surface area contributed by atoms with Gasteiger partial charge in [0.1, 0.15) is 0 Å². The second-order valence-electron chi connectivity index (χ2n) is 4.46. The number of nitrogens with zero attached hydrogens (tertiary/aromatic N) is 1. The summed E-state index contributed by atoms with van der Waals surface area (Å²) in [6, 6.07) is 6.44. The van der Waals surface area contributed by atoms with Crippen molar-refractivity contribution in [1.29, 1.82) is 0 Å². The summed E-state index contributed by atoms with van der Waals surface area (Å²) in [5, 5.41) is 1.41. The number of aromatic amines is 1. The normalized spacial score (nSPS) is 10.6. The van der Waals surface area contributed by atoms with Gasteiger partial charge in [0.15, 0.2) is 0 Å². The Kier molecular flexibility index (Phi) is 5.93. The largest absolute Gasteiger partial charge is 0.361 e. The van der Waals surface area contributed by atoms with Crippen LogP contribution in [0.4, 0.5) is 0 Å². The summed E-state index contributed by atoms with van der Waals surface area (Å²) in [7, 11) is 2.17. The van der Waals surface area contributed by atoms with E-state index in [9.17, 15) is 0 Å². The maximum atomic E-state index is 3.35. The topological polar surface area (TPSA) is 19.0 Å². The van der Waals surface area contributed by atoms with Crippen molar-refractivity contribution in [2.75, 3.05) is 20.1 Å². The van der Waals surface area contributed by atoms with Crippen molar-refractivity contribution in [2.24, 2.45) is 0 Å². The number of rotatable bonds is 4. The number of nitrogens with one attached hydrogen (secondary N) is 1. The summed E-state index contributed by atoms with van der Waals surface area (Å²) < 4.78 is 0. The number of aryl methyl sites for hydroxylation is 1. The van der Waals surface area contributed by atoms with Crippen LogP contribution in [-0.4, -0.2) is 30.0 Å². The highest BCUT2D eigenvalue weighted by atomic mass is 15.1. The maximum Gasteiger partial charge on any atom is 0.0459 e. The quantitative estimate of drug-likeness (QED) is 0.864. The van der Waals surface area contributed by atoms with E-state index >= 15 is 0 Å². The Morgan fingerprint density at radius 1 is 1.22 bits per heavy atom. The van der Waals surface area contributed by atoms with Crippen LogP contribution in [0.1, 0.15) is 31.9 Å². The summed E-state index contributed by atoms with van der Waals surface area (Å²) in [5.41, 5.74) is 4.07. The predicted molar refractivity (Wildman–Crippen MR) is 81.3 cm³/mol. The summed E-state index contributed by atoms with van der Waals surface area (Å²) >= 11 is 0. The van der Waals surface area contributed by atoms with Gasteiger partial charge in [-0.15, -0.1) is 0 Å². The summed E-state index contributed by atoms with van der Waals surface area (Å²) in [4.78, 5) is 5.70. The van der Waals surface area contributed by atoms with Crippen LogP contribution in [0.3, 0.4) is 0 Å². The molecule has 0 bridgehead atoms. The van der Waals surface area contributed by atoms with Crippen LogP contribution in [0.5, 0.6) is 0 Å². The molecule has 1 heterocycles. The van der Waals surface area contributed by atoms with Gasteiger partial charge >= 0.3 is 0 Å². The average Bonchev–Trinajstić information content (AvgIpc) is 2.83. The van der Waals surface area contributed by atoms with Crippen LogP contribution in [0.25, 0.3) is 10.9 Å². The molecule has 1 aromatic heterocycles. The van der Waals surface area contributed by atoms with Gasteiger partial charge in [0, 0.05) is 23.6 Å². The molecule has 2 nitrogen and oxygen atoms in total. The molecule has 0 amide bonds. The van der Waals surface area contributed by atoms with Crippen molar-refractivity contribution in [3.63, 3.8) is 0 Å². The number of benzene rings is 1. The zero-order chi connectivity index (χ0) is 13.5. The summed E-state index contributed by atoms with van der Waals surface area (Å²) in [6.45, 7) is 10.6. The van der Waals surface area contributed by atoms with Gasteiger partial charge in [-0.05, 0) is 44.1 Å². The number of aromatic nitrogens is 1. The minimum atomic E-state index is 1.11. The number of fused-ring (bicyclic) bond motifs is 1. The van der Waals surface area contributed by atoms with Gasteiger partial charge in [0.05, 0.1) is 0 Å². The van der Waals surface area contributed by atoms with E-state index in [4.69, 9.17) is 0 Å². The van der Waals surface area contributed by atoms with Gasteiger partial charge in [0.25, 0.3) is 0 Å². The Bertz CT molecular complexity index is 471. The van der Waals surface area contributed by atoms with Gasteiger partial charge in [-0.2, -0.15) is 0 Å². The molecule has 0 saturated heterocycles. The van der Waals surface area contributed by atoms with Crippen molar-refractivity contribution >= 4 is 10.9 Å². The van der Waals surface area contributed by atoms with Crippen molar-refractivity contribution in [3.8, 4) is 0 Å². The third-order valence-electron chi connectivity index (χ3n) is 3.30. The molecule has 2 rings (SSSR count). The molecular weight excluding hydrogens is 220 g/mol. The highest BCUT2D eigenvalue weighted by molar-refractivity contribution is 5.86. The average molecular weight is 246 g/mol. The molecule has 1 N–H and O–H groups in total. The van der Waals surface area contributed by atoms with Crippen molar-refractivity contribution in [1.82, 2.24) is 9.88 Å². The Hall–Kier alpha value is -1.28. The minimum absolute atomic E-state index is 1.11. The zero-order valence-electron chi connectivity index (χ0n) is 12.4. The van der Waals surface area contributed by atoms with Crippen LogP contribution < -0.4 is 0 Å². The second kappa shape index (κ2) is 7.22. The fraction of sp³-hybridized carbons (Fsp3) is 0.500. The predicted octanol–water partition coefficient (Wildman–Crippen LogP) is 4.00. The first-order valence-corrected chi connectivity index (χ1v) is 6.96. The van der Waals surface area contributed by atoms with Crippen molar-refractivity contribution in [3.05, 3.63) is 35.5 Å². The van der Waals surface area contributed by atoms with E-state index in [1.54, 1.807) is 0 Å². The number of H-pyrrole nitrogens is 1. The zero-order valence-corrected chi connectivity index (χ0v) is 12.4. The van der Waals surface area contributed by atoms with E-state index in [0.29, 0.717) is 0 Å². The first-order valence-electron chi connectivity index (χ1n) is 6.96. The van der Waals surface area contributed by atoms with Crippen LogP contribution >= 0.6 is 0 Å². The monoisotopic (exact) mass is 246 g/mol. The molecule has 0 aliphatic carbocycles. The Morgan fingerprint density at radius 2 is 1.94 bits per heavy atom. The van der Waals surface area contributed by atoms with Gasteiger partial charge < -0.3 is 9.88 Å². The molecule has 0 atom stereocenters. The molecule has 0 unspecified atom stereocenters. The van der Waals surface area contributed by atoms with Gasteiger partial charge in [-0.3, -0.25) is 0 Å². The van der Waals surface area contributed by atoms with E-state index in [2.05, 4.69) is 55.2 Å². The highest BCUT2D eigenvalue weighted by Gasteiger charge is 2.06. The number of hydrogen-bond donors (Lipinski definition) is 1. The first kappa shape index (κ1) is 14.8. The molecule has 2 aromatic rings. The van der Waals surface area contributed by atoms with Gasteiger partial charge in [-0.25, -0.2) is 0 Å². The Balaban J connectivity index is 0.000000771. The Morgan fingerprint density at radius 3 is 2.61 bits per heavy atom. The molecule has 1 aromatic carbocycles. The smallest absolute Gasteiger partial charge is 0.0459 e. The fourth-order valence-electron chi connectivity index (χ4n) is 2.12. The van der Waals surface area contributed by atoms with Crippen LogP contribution in [-0.2, 0) is 6.42 Å². The molecule has 0 saturated carbocycles. The van der Waals surface area contributed by atoms with Gasteiger partial charge in [-0.1, -0.05) is 32.9 Å². The van der Waals surface area contributed by atoms with Crippen LogP contribution in [0.15, 0.2) is 24.4 Å². The molecule has 2 heteroatoms. The standard InChI is InChI=1S/C14H20N2.C2H6/c1-4-16(3)9-8-12-10-15-13-7-5-6-11(2)14(12)13;1-2/h5-7,10,15H,4,8-9H2,1-3H3;1-2H3. The van der Waals surface area contributed by atoms with E-state index in [1.165, 1.54) is 22.0 Å². The molecule has 18 heavy (non-hydrogen) atoms. The van der Waals surface area contributed by atoms with E-state index in [0.717, 1.165) is 19.5 Å². The second-order valence-corrected chi connectivity index (χ2v) is 4.46. The third kappa shape index (κ3) is 3.36. The maximum absolute atomic E-state index is 3.35. The Labute approximate surface area is 111 Å². The lowest BCUT2D eigenvalue weighted by atomic mass is 10.1. The van der Waals surface area contributed by atoms with E-state index < -0.39 is 0 Å².